The lowest BCUT2D eigenvalue weighted by Gasteiger charge is -2.12. The van der Waals surface area contributed by atoms with Crippen LogP contribution < -0.4 is 20.6 Å². The predicted molar refractivity (Wildman–Crippen MR) is 156 cm³/mol. The minimum Gasteiger partial charge on any atom is -0.456 e. The van der Waals surface area contributed by atoms with Gasteiger partial charge in [-0.05, 0) is 79.7 Å². The van der Waals surface area contributed by atoms with Gasteiger partial charge in [0.05, 0.1) is 38.3 Å². The Morgan fingerprint density at radius 1 is 0.778 bits per heavy atom. The molecule has 0 unspecified atom stereocenters. The molecule has 7 nitrogen and oxygen atoms in total. The number of alkyl halides is 6. The Morgan fingerprint density at radius 2 is 1.29 bits per heavy atom. The molecule has 0 fully saturated rings. The molecule has 5 rings (SSSR count). The quantitative estimate of drug-likeness (QED) is 0.110. The highest BCUT2D eigenvalue weighted by Gasteiger charge is 2.32. The Bertz CT molecular complexity index is 1940. The van der Waals surface area contributed by atoms with Crippen molar-refractivity contribution in [2.45, 2.75) is 19.3 Å². The van der Waals surface area contributed by atoms with Crippen LogP contribution in [0.2, 0.25) is 10.0 Å². The number of H-pyrrole nitrogens is 1. The molecule has 3 N–H and O–H groups in total. The van der Waals surface area contributed by atoms with Crippen LogP contribution in [0.15, 0.2) is 83.8 Å². The van der Waals surface area contributed by atoms with Crippen molar-refractivity contribution >= 4 is 45.6 Å². The van der Waals surface area contributed by atoms with Crippen molar-refractivity contribution in [1.29, 1.82) is 0 Å². The van der Waals surface area contributed by atoms with E-state index in [0.29, 0.717) is 16.6 Å². The summed E-state index contributed by atoms with van der Waals surface area (Å²) < 4.78 is 86.4. The zero-order valence-electron chi connectivity index (χ0n) is 22.7. The maximum absolute atomic E-state index is 12.6. The van der Waals surface area contributed by atoms with Crippen LogP contribution >= 0.6 is 23.2 Å². The number of Topliss-reactive ketones (excluding diaryl/α,β-unsaturated/α-hetero) is 1. The SMILES string of the molecule is CC(=O)c1cc(Oc2ccc(C(F)(F)F)cc2Cl)ccc1N.O=c1cn[nH]c2ccc(Oc3ccc(C(F)(F)F)cc3Cl)cc12. The van der Waals surface area contributed by atoms with Crippen molar-refractivity contribution in [3.05, 3.63) is 116 Å². The van der Waals surface area contributed by atoms with Crippen LogP contribution in [0.4, 0.5) is 32.0 Å². The van der Waals surface area contributed by atoms with E-state index in [-0.39, 0.29) is 49.8 Å². The molecule has 45 heavy (non-hydrogen) atoms. The molecule has 0 aliphatic carbocycles. The fourth-order valence-corrected chi connectivity index (χ4v) is 4.23. The van der Waals surface area contributed by atoms with Gasteiger partial charge < -0.3 is 15.2 Å². The third-order valence-corrected chi connectivity index (χ3v) is 6.59. The van der Waals surface area contributed by atoms with E-state index in [1.165, 1.54) is 31.2 Å². The molecule has 5 aromatic rings. The summed E-state index contributed by atoms with van der Waals surface area (Å²) in [6.07, 6.45) is -7.84. The smallest absolute Gasteiger partial charge is 0.416 e. The summed E-state index contributed by atoms with van der Waals surface area (Å²) in [7, 11) is 0. The van der Waals surface area contributed by atoms with Gasteiger partial charge in [-0.1, -0.05) is 23.2 Å². The van der Waals surface area contributed by atoms with Gasteiger partial charge in [0.2, 0.25) is 5.43 Å². The number of hydrogen-bond donors (Lipinski definition) is 2. The number of halogens is 8. The van der Waals surface area contributed by atoms with Crippen LogP contribution in [0.1, 0.15) is 28.4 Å². The van der Waals surface area contributed by atoms with Crippen molar-refractivity contribution in [2.75, 3.05) is 5.73 Å². The summed E-state index contributed by atoms with van der Waals surface area (Å²) in [6, 6.07) is 14.5. The van der Waals surface area contributed by atoms with E-state index in [4.69, 9.17) is 38.4 Å². The lowest BCUT2D eigenvalue weighted by Crippen LogP contribution is -2.04. The number of aromatic nitrogens is 2. The van der Waals surface area contributed by atoms with Crippen molar-refractivity contribution in [2.24, 2.45) is 0 Å². The van der Waals surface area contributed by atoms with Crippen molar-refractivity contribution in [3.63, 3.8) is 0 Å². The number of nitrogen functional groups attached to an aromatic ring is 1. The summed E-state index contributed by atoms with van der Waals surface area (Å²) >= 11 is 11.6. The van der Waals surface area contributed by atoms with Gasteiger partial charge in [0.15, 0.2) is 5.78 Å². The van der Waals surface area contributed by atoms with Gasteiger partial charge >= 0.3 is 12.4 Å². The number of fused-ring (bicyclic) bond motifs is 1. The Hall–Kier alpha value is -4.75. The molecule has 4 aromatic carbocycles. The molecule has 234 valence electrons. The maximum Gasteiger partial charge on any atom is 0.416 e. The van der Waals surface area contributed by atoms with Gasteiger partial charge in [0, 0.05) is 11.3 Å². The first-order chi connectivity index (χ1) is 21.0. The summed E-state index contributed by atoms with van der Waals surface area (Å²) in [6.45, 7) is 1.35. The fraction of sp³-hybridized carbons (Fsp3) is 0.100. The van der Waals surface area contributed by atoms with Crippen molar-refractivity contribution in [3.8, 4) is 23.0 Å². The molecule has 0 saturated heterocycles. The van der Waals surface area contributed by atoms with Crippen molar-refractivity contribution < 1.29 is 40.6 Å². The second-order valence-electron chi connectivity index (χ2n) is 9.24. The zero-order chi connectivity index (χ0) is 33.1. The van der Waals surface area contributed by atoms with Crippen LogP contribution in [0, 0.1) is 0 Å². The lowest BCUT2D eigenvalue weighted by atomic mass is 10.1. The average molecular weight is 670 g/mol. The second kappa shape index (κ2) is 13.1. The summed E-state index contributed by atoms with van der Waals surface area (Å²) in [5.41, 5.74) is 4.69. The Morgan fingerprint density at radius 3 is 1.78 bits per heavy atom. The van der Waals surface area contributed by atoms with Gasteiger partial charge in [0.1, 0.15) is 23.0 Å². The standard InChI is InChI=1S/C15H8ClF3N2O2.C15H11ClF3NO2/c16-11-5-8(15(17,18)19)1-4-14(11)23-9-2-3-12-10(6-9)13(22)7-20-21-12;1-8(21)11-7-10(3-4-13(11)20)22-14-5-2-9(6-12(14)16)15(17,18)19/h1-7H,(H,21,22);2-7H,20H2,1H3. The molecule has 0 aliphatic rings. The van der Waals surface area contributed by atoms with E-state index < -0.39 is 23.5 Å². The maximum atomic E-state index is 12.6. The largest absolute Gasteiger partial charge is 0.456 e. The minimum absolute atomic E-state index is 0.0499. The molecule has 0 aliphatic heterocycles. The number of nitrogens with one attached hydrogen (secondary N) is 1. The number of anilines is 1. The van der Waals surface area contributed by atoms with Gasteiger partial charge in [-0.25, -0.2) is 0 Å². The van der Waals surface area contributed by atoms with Crippen molar-refractivity contribution in [1.82, 2.24) is 10.2 Å². The molecule has 1 aromatic heterocycles. The van der Waals surface area contributed by atoms with Crippen LogP contribution in [-0.2, 0) is 12.4 Å². The highest BCUT2D eigenvalue weighted by Crippen LogP contribution is 2.38. The number of carbonyl (C=O) groups is 1. The Labute approximate surface area is 260 Å². The third kappa shape index (κ3) is 8.25. The topological polar surface area (TPSA) is 107 Å². The second-order valence-corrected chi connectivity index (χ2v) is 10.1. The number of rotatable bonds is 5. The van der Waals surface area contributed by atoms with Crippen LogP contribution in [0.25, 0.3) is 10.9 Å². The third-order valence-electron chi connectivity index (χ3n) is 6.00. The molecule has 0 bridgehead atoms. The number of benzene rings is 4. The van der Waals surface area contributed by atoms with Gasteiger partial charge in [-0.2, -0.15) is 31.4 Å². The number of nitrogens with zero attached hydrogens (tertiary/aromatic N) is 1. The van der Waals surface area contributed by atoms with E-state index in [1.807, 2.05) is 0 Å². The van der Waals surface area contributed by atoms with E-state index >= 15 is 0 Å². The molecule has 0 amide bonds. The highest BCUT2D eigenvalue weighted by atomic mass is 35.5. The van der Waals surface area contributed by atoms with Gasteiger partial charge in [0.25, 0.3) is 0 Å². The van der Waals surface area contributed by atoms with E-state index in [0.717, 1.165) is 42.6 Å². The number of carbonyl (C=O) groups excluding carboxylic acids is 1. The number of ether oxygens (including phenoxy) is 2. The minimum atomic E-state index is -4.48. The molecular formula is C30H19Cl2F6N3O4. The first-order valence-corrected chi connectivity index (χ1v) is 13.3. The molecule has 0 saturated carbocycles. The summed E-state index contributed by atoms with van der Waals surface area (Å²) in [5.74, 6) is 0.386. The molecular weight excluding hydrogens is 651 g/mol. The van der Waals surface area contributed by atoms with Crippen LogP contribution in [0.3, 0.4) is 0 Å². The first-order valence-electron chi connectivity index (χ1n) is 12.5. The van der Waals surface area contributed by atoms with Crippen LogP contribution in [-0.4, -0.2) is 16.0 Å². The van der Waals surface area contributed by atoms with Crippen LogP contribution in [0.5, 0.6) is 23.0 Å². The molecule has 1 heterocycles. The number of aromatic amines is 1. The number of nitrogens with two attached hydrogens (primary N) is 1. The lowest BCUT2D eigenvalue weighted by molar-refractivity contribution is -0.138. The van der Waals surface area contributed by atoms with E-state index in [1.54, 1.807) is 12.1 Å². The monoisotopic (exact) mass is 669 g/mol. The molecule has 0 spiro atoms. The first kappa shape index (κ1) is 33.1. The normalized spacial score (nSPS) is 11.5. The summed E-state index contributed by atoms with van der Waals surface area (Å²) in [4.78, 5) is 23.1. The Balaban J connectivity index is 0.000000205. The number of hydrogen-bond acceptors (Lipinski definition) is 6. The average Bonchev–Trinajstić information content (AvgIpc) is 2.95. The van der Waals surface area contributed by atoms with Gasteiger partial charge in [-0.3, -0.25) is 14.7 Å². The predicted octanol–water partition coefficient (Wildman–Crippen LogP) is 9.32. The van der Waals surface area contributed by atoms with E-state index in [2.05, 4.69) is 10.2 Å². The zero-order valence-corrected chi connectivity index (χ0v) is 24.2. The molecule has 0 radical (unpaired) electrons. The Kier molecular flexibility index (Phi) is 9.64. The summed E-state index contributed by atoms with van der Waals surface area (Å²) in [5, 5.41) is 6.31. The van der Waals surface area contributed by atoms with Gasteiger partial charge in [-0.15, -0.1) is 0 Å². The number of ketones is 1. The highest BCUT2D eigenvalue weighted by molar-refractivity contribution is 6.32. The van der Waals surface area contributed by atoms with E-state index in [9.17, 15) is 35.9 Å². The molecule has 0 atom stereocenters. The fourth-order valence-electron chi connectivity index (χ4n) is 3.80. The molecule has 15 heteroatoms.